The van der Waals surface area contributed by atoms with Gasteiger partial charge in [-0.1, -0.05) is 29.3 Å². The van der Waals surface area contributed by atoms with Crippen molar-refractivity contribution in [3.63, 3.8) is 0 Å². The number of aryl methyl sites for hydroxylation is 1. The lowest BCUT2D eigenvalue weighted by Crippen LogP contribution is -2.41. The zero-order valence-electron chi connectivity index (χ0n) is 14.0. The van der Waals surface area contributed by atoms with Crippen molar-refractivity contribution in [2.24, 2.45) is 0 Å². The summed E-state index contributed by atoms with van der Waals surface area (Å²) >= 11 is 11.9. The number of hydrogen-bond donors (Lipinski definition) is 2. The highest BCUT2D eigenvalue weighted by molar-refractivity contribution is 6.31. The minimum atomic E-state index is -0.115. The molecule has 0 saturated carbocycles. The van der Waals surface area contributed by atoms with Gasteiger partial charge in [0, 0.05) is 32.7 Å². The Bertz CT molecular complexity index is 950. The van der Waals surface area contributed by atoms with Gasteiger partial charge in [-0.15, -0.1) is 0 Å². The molecule has 0 aliphatic heterocycles. The van der Waals surface area contributed by atoms with Crippen LogP contribution in [-0.4, -0.2) is 23.5 Å². The van der Waals surface area contributed by atoms with Crippen LogP contribution < -0.4 is 10.1 Å². The molecule has 134 valence electrons. The third kappa shape index (κ3) is 3.67. The number of amides is 1. The van der Waals surface area contributed by atoms with Crippen LogP contribution in [0.15, 0.2) is 42.5 Å². The number of benzene rings is 2. The van der Waals surface area contributed by atoms with E-state index in [-0.39, 0.29) is 18.6 Å². The van der Waals surface area contributed by atoms with Crippen molar-refractivity contribution >= 4 is 40.0 Å². The summed E-state index contributed by atoms with van der Waals surface area (Å²) in [6, 6.07) is 13.0. The number of H-pyrrole nitrogens is 1. The molecule has 0 spiro atoms. The van der Waals surface area contributed by atoms with Crippen molar-refractivity contribution in [1.82, 2.24) is 10.3 Å². The molecule has 1 amide bonds. The minimum Gasteiger partial charge on any atom is -0.484 e. The highest BCUT2D eigenvalue weighted by Crippen LogP contribution is 2.30. The van der Waals surface area contributed by atoms with Gasteiger partial charge in [-0.25, -0.2) is 0 Å². The predicted molar refractivity (Wildman–Crippen MR) is 104 cm³/mol. The molecular weight excluding hydrogens is 371 g/mol. The molecule has 2 aromatic carbocycles. The van der Waals surface area contributed by atoms with Gasteiger partial charge in [-0.05, 0) is 61.2 Å². The maximum absolute atomic E-state index is 12.2. The van der Waals surface area contributed by atoms with Crippen molar-refractivity contribution < 1.29 is 9.53 Å². The second-order valence-electron chi connectivity index (χ2n) is 6.52. The number of ether oxygens (including phenoxy) is 1. The van der Waals surface area contributed by atoms with Crippen molar-refractivity contribution in [2.45, 2.75) is 25.3 Å². The quantitative estimate of drug-likeness (QED) is 0.689. The Morgan fingerprint density at radius 2 is 1.92 bits per heavy atom. The number of aromatic amines is 1. The molecule has 1 heterocycles. The number of fused-ring (bicyclic) bond motifs is 3. The van der Waals surface area contributed by atoms with Crippen LogP contribution in [0, 0.1) is 0 Å². The van der Waals surface area contributed by atoms with Crippen molar-refractivity contribution in [1.29, 1.82) is 0 Å². The van der Waals surface area contributed by atoms with E-state index >= 15 is 0 Å². The van der Waals surface area contributed by atoms with Gasteiger partial charge < -0.3 is 15.0 Å². The molecule has 3 aromatic rings. The third-order valence-corrected chi connectivity index (χ3v) is 5.19. The Hall–Kier alpha value is -2.17. The monoisotopic (exact) mass is 388 g/mol. The third-order valence-electron chi connectivity index (χ3n) is 4.70. The molecule has 0 bridgehead atoms. The van der Waals surface area contributed by atoms with Gasteiger partial charge in [0.15, 0.2) is 6.61 Å². The summed E-state index contributed by atoms with van der Waals surface area (Å²) in [5.41, 5.74) is 3.57. The van der Waals surface area contributed by atoms with Gasteiger partial charge in [0.05, 0.1) is 0 Å². The summed E-state index contributed by atoms with van der Waals surface area (Å²) in [7, 11) is 0. The number of halogens is 2. The molecule has 1 unspecified atom stereocenters. The smallest absolute Gasteiger partial charge is 0.258 e. The number of hydrogen-bond acceptors (Lipinski definition) is 2. The topological polar surface area (TPSA) is 54.1 Å². The molecule has 0 fully saturated rings. The van der Waals surface area contributed by atoms with E-state index in [1.54, 1.807) is 24.3 Å². The van der Waals surface area contributed by atoms with Crippen LogP contribution in [0.4, 0.5) is 0 Å². The highest BCUT2D eigenvalue weighted by atomic mass is 35.5. The average Bonchev–Trinajstić information content (AvgIpc) is 2.98. The minimum absolute atomic E-state index is 0.00547. The zero-order chi connectivity index (χ0) is 18.1. The molecular formula is C20H18Cl2N2O2. The molecule has 1 atom stereocenters. The second-order valence-corrected chi connectivity index (χ2v) is 7.39. The van der Waals surface area contributed by atoms with Gasteiger partial charge in [-0.2, -0.15) is 0 Å². The molecule has 1 aliphatic rings. The Kier molecular flexibility index (Phi) is 4.79. The van der Waals surface area contributed by atoms with Gasteiger partial charge in [-0.3, -0.25) is 4.79 Å². The number of aromatic nitrogens is 1. The summed E-state index contributed by atoms with van der Waals surface area (Å²) in [6.45, 7) is -0.00547. The molecule has 6 heteroatoms. The van der Waals surface area contributed by atoms with Crippen LogP contribution in [0.3, 0.4) is 0 Å². The van der Waals surface area contributed by atoms with E-state index in [9.17, 15) is 4.79 Å². The lowest BCUT2D eigenvalue weighted by atomic mass is 9.91. The molecule has 4 nitrogen and oxygen atoms in total. The first-order valence-corrected chi connectivity index (χ1v) is 9.31. The van der Waals surface area contributed by atoms with Crippen molar-refractivity contribution in [3.05, 3.63) is 63.8 Å². The summed E-state index contributed by atoms with van der Waals surface area (Å²) in [4.78, 5) is 15.7. The number of rotatable bonds is 4. The summed E-state index contributed by atoms with van der Waals surface area (Å²) in [6.07, 6.45) is 2.62. The lowest BCUT2D eigenvalue weighted by Gasteiger charge is -2.23. The van der Waals surface area contributed by atoms with E-state index in [1.165, 1.54) is 16.6 Å². The fraction of sp³-hybridized carbons (Fsp3) is 0.250. The molecule has 1 aliphatic carbocycles. The highest BCUT2D eigenvalue weighted by Gasteiger charge is 2.23. The molecule has 0 saturated heterocycles. The number of carbonyl (C=O) groups is 1. The Labute approximate surface area is 161 Å². The first kappa shape index (κ1) is 17.3. The second kappa shape index (κ2) is 7.22. The van der Waals surface area contributed by atoms with Crippen molar-refractivity contribution in [3.8, 4) is 5.75 Å². The van der Waals surface area contributed by atoms with E-state index in [1.807, 2.05) is 18.2 Å². The van der Waals surface area contributed by atoms with E-state index in [0.717, 1.165) is 29.8 Å². The predicted octanol–water partition coefficient (Wildman–Crippen LogP) is 4.53. The van der Waals surface area contributed by atoms with E-state index in [2.05, 4.69) is 10.3 Å². The fourth-order valence-electron chi connectivity index (χ4n) is 3.47. The maximum Gasteiger partial charge on any atom is 0.258 e. The molecule has 4 rings (SSSR count). The normalized spacial score (nSPS) is 16.3. The maximum atomic E-state index is 12.2. The van der Waals surface area contributed by atoms with Crippen LogP contribution in [0.1, 0.15) is 17.7 Å². The summed E-state index contributed by atoms with van der Waals surface area (Å²) in [5, 5.41) is 5.62. The molecule has 26 heavy (non-hydrogen) atoms. The first-order valence-electron chi connectivity index (χ1n) is 8.55. The standard InChI is InChI=1S/C20H18Cl2N2O2/c21-12-1-5-15(6-2-12)26-11-20(25)23-14-4-8-18-17(10-14)16-7-3-13(22)9-19(16)24-18/h1-3,5-7,9,14,24H,4,8,10-11H2,(H,23,25). The average molecular weight is 389 g/mol. The van der Waals surface area contributed by atoms with Crippen LogP contribution in [-0.2, 0) is 17.6 Å². The fourth-order valence-corrected chi connectivity index (χ4v) is 3.77. The molecule has 1 aromatic heterocycles. The number of carbonyl (C=O) groups excluding carboxylic acids is 1. The van der Waals surface area contributed by atoms with Crippen LogP contribution in [0.2, 0.25) is 10.0 Å². The zero-order valence-corrected chi connectivity index (χ0v) is 15.5. The summed E-state index contributed by atoms with van der Waals surface area (Å²) in [5.74, 6) is 0.514. The largest absolute Gasteiger partial charge is 0.484 e. The first-order chi connectivity index (χ1) is 12.6. The van der Waals surface area contributed by atoms with Crippen LogP contribution in [0.25, 0.3) is 10.9 Å². The van der Waals surface area contributed by atoms with Gasteiger partial charge in [0.25, 0.3) is 5.91 Å². The van der Waals surface area contributed by atoms with Crippen LogP contribution in [0.5, 0.6) is 5.75 Å². The van der Waals surface area contributed by atoms with Crippen LogP contribution >= 0.6 is 23.2 Å². The Balaban J connectivity index is 1.38. The Morgan fingerprint density at radius 1 is 1.15 bits per heavy atom. The lowest BCUT2D eigenvalue weighted by molar-refractivity contribution is -0.123. The number of nitrogens with one attached hydrogen (secondary N) is 2. The molecule has 2 N–H and O–H groups in total. The molecule has 0 radical (unpaired) electrons. The van der Waals surface area contributed by atoms with Crippen molar-refractivity contribution in [2.75, 3.05) is 6.61 Å². The van der Waals surface area contributed by atoms with Gasteiger partial charge >= 0.3 is 0 Å². The van der Waals surface area contributed by atoms with E-state index in [4.69, 9.17) is 27.9 Å². The van der Waals surface area contributed by atoms with Gasteiger partial charge in [0.1, 0.15) is 5.75 Å². The SMILES string of the molecule is O=C(COc1ccc(Cl)cc1)NC1CCc2[nH]c3cc(Cl)ccc3c2C1. The van der Waals surface area contributed by atoms with Gasteiger partial charge in [0.2, 0.25) is 0 Å². The Morgan fingerprint density at radius 3 is 2.73 bits per heavy atom. The van der Waals surface area contributed by atoms with E-state index < -0.39 is 0 Å². The van der Waals surface area contributed by atoms with E-state index in [0.29, 0.717) is 10.8 Å². The summed E-state index contributed by atoms with van der Waals surface area (Å²) < 4.78 is 5.51.